The number of aromatic nitrogens is 1. The molecule has 1 atom stereocenters. The number of aryl methyl sites for hydroxylation is 1. The van der Waals surface area contributed by atoms with E-state index in [4.69, 9.17) is 10.00 Å². The first-order valence-electron chi connectivity index (χ1n) is 9.19. The van der Waals surface area contributed by atoms with Gasteiger partial charge in [0.25, 0.3) is 15.9 Å². The summed E-state index contributed by atoms with van der Waals surface area (Å²) < 4.78 is 86.6. The predicted octanol–water partition coefficient (Wildman–Crippen LogP) is 2.93. The van der Waals surface area contributed by atoms with Crippen LogP contribution >= 0.6 is 0 Å². The molecule has 0 radical (unpaired) electrons. The molecule has 0 saturated heterocycles. The first-order chi connectivity index (χ1) is 15.7. The van der Waals surface area contributed by atoms with Gasteiger partial charge >= 0.3 is 6.18 Å². The molecule has 2 rings (SSSR count). The average molecular weight is 502 g/mol. The van der Waals surface area contributed by atoms with Gasteiger partial charge in [0.2, 0.25) is 0 Å². The van der Waals surface area contributed by atoms with Gasteiger partial charge in [0.05, 0.1) is 12.2 Å². The lowest BCUT2D eigenvalue weighted by Gasteiger charge is -2.27. The first-order valence-corrected chi connectivity index (χ1v) is 10.6. The number of alkyl halides is 3. The van der Waals surface area contributed by atoms with Crippen molar-refractivity contribution >= 4 is 28.3 Å². The molecule has 1 aromatic heterocycles. The normalized spacial score (nSPS) is 13.4. The van der Waals surface area contributed by atoms with Crippen molar-refractivity contribution in [2.45, 2.75) is 23.1 Å². The maximum absolute atomic E-state index is 13.5. The Labute approximate surface area is 191 Å². The molecule has 2 aromatic rings. The van der Waals surface area contributed by atoms with Gasteiger partial charge in [0.1, 0.15) is 16.8 Å². The monoisotopic (exact) mass is 502 g/mol. The van der Waals surface area contributed by atoms with Gasteiger partial charge in [-0.3, -0.25) is 4.79 Å². The van der Waals surface area contributed by atoms with E-state index in [9.17, 15) is 35.9 Å². The number of nitriles is 1. The molecule has 0 aliphatic carbocycles. The minimum absolute atomic E-state index is 0.0283. The highest BCUT2D eigenvalue weighted by molar-refractivity contribution is 7.90. The third-order valence-electron chi connectivity index (χ3n) is 4.67. The van der Waals surface area contributed by atoms with Crippen LogP contribution in [0.15, 0.2) is 46.3 Å². The molecular formula is C20H18F4N4O5S. The van der Waals surface area contributed by atoms with E-state index in [0.717, 1.165) is 29.0 Å². The lowest BCUT2D eigenvalue weighted by Crippen LogP contribution is -2.44. The molecule has 0 aliphatic rings. The number of halogens is 4. The van der Waals surface area contributed by atoms with Gasteiger partial charge in [-0.1, -0.05) is 12.7 Å². The summed E-state index contributed by atoms with van der Waals surface area (Å²) in [7, 11) is -3.21. The van der Waals surface area contributed by atoms with E-state index in [1.165, 1.54) is 7.05 Å². The summed E-state index contributed by atoms with van der Waals surface area (Å²) in [6.45, 7) is 5.00. The van der Waals surface area contributed by atoms with E-state index < -0.39 is 62.9 Å². The molecule has 1 aromatic carbocycles. The number of sulfonamides is 1. The first kappa shape index (κ1) is 26.6. The number of benzene rings is 1. The number of carbonyl (C=O) groups is 1. The van der Waals surface area contributed by atoms with Crippen molar-refractivity contribution in [2.24, 2.45) is 11.4 Å². The molecule has 1 unspecified atom stereocenters. The Morgan fingerprint density at radius 2 is 2.06 bits per heavy atom. The second-order valence-corrected chi connectivity index (χ2v) is 8.52. The number of rotatable bonds is 9. The Kier molecular flexibility index (Phi) is 7.54. The smallest absolute Gasteiger partial charge is 0.420 e. The SMILES string of the molecule is C=CC(O)(CCOc1c(S(=O)(=O)N=C)cn(C)c1C(=O)Nc1ccc(F)c(C#N)c1)C(F)(F)F. The van der Waals surface area contributed by atoms with E-state index in [0.29, 0.717) is 0 Å². The number of anilines is 1. The fraction of sp³-hybridized carbons (Fsp3) is 0.250. The van der Waals surface area contributed by atoms with E-state index in [2.05, 4.69) is 23.0 Å². The van der Waals surface area contributed by atoms with Gasteiger partial charge < -0.3 is 19.7 Å². The number of hydrogen-bond acceptors (Lipinski definition) is 6. The van der Waals surface area contributed by atoms with Crippen LogP contribution in [0.4, 0.5) is 23.2 Å². The molecule has 1 amide bonds. The highest BCUT2D eigenvalue weighted by Crippen LogP contribution is 2.36. The quantitative estimate of drug-likeness (QED) is 0.308. The summed E-state index contributed by atoms with van der Waals surface area (Å²) in [5.74, 6) is -2.48. The fourth-order valence-corrected chi connectivity index (χ4v) is 3.60. The van der Waals surface area contributed by atoms with Crippen LogP contribution in [0.2, 0.25) is 0 Å². The summed E-state index contributed by atoms with van der Waals surface area (Å²) >= 11 is 0. The highest BCUT2D eigenvalue weighted by Gasteiger charge is 2.51. The van der Waals surface area contributed by atoms with Crippen molar-refractivity contribution in [1.82, 2.24) is 4.57 Å². The van der Waals surface area contributed by atoms with Gasteiger partial charge in [-0.05, 0) is 18.2 Å². The van der Waals surface area contributed by atoms with Crippen molar-refractivity contribution in [2.75, 3.05) is 11.9 Å². The standard InChI is InChI=1S/C20H18F4N4O5S/c1-4-19(30,20(22,23)24)7-8-33-17-15(34(31,32)26-2)11-28(3)16(17)18(29)27-13-5-6-14(21)12(9-13)10-25/h4-6,9,11,30H,1-2,7-8H2,3H3,(H,27,29). The van der Waals surface area contributed by atoms with Crippen LogP contribution in [0.5, 0.6) is 5.75 Å². The number of aliphatic hydroxyl groups is 1. The minimum Gasteiger partial charge on any atom is -0.490 e. The number of nitrogens with zero attached hydrogens (tertiary/aromatic N) is 3. The molecule has 0 saturated carbocycles. The van der Waals surface area contributed by atoms with Crippen molar-refractivity contribution < 1.29 is 40.6 Å². The molecule has 0 spiro atoms. The molecule has 182 valence electrons. The zero-order valence-electron chi connectivity index (χ0n) is 17.6. The van der Waals surface area contributed by atoms with Gasteiger partial charge in [-0.2, -0.15) is 31.2 Å². The van der Waals surface area contributed by atoms with Crippen molar-refractivity contribution in [3.8, 4) is 11.8 Å². The number of carbonyl (C=O) groups excluding carboxylic acids is 1. The van der Waals surface area contributed by atoms with Crippen molar-refractivity contribution in [3.63, 3.8) is 0 Å². The van der Waals surface area contributed by atoms with E-state index >= 15 is 0 Å². The van der Waals surface area contributed by atoms with Crippen LogP contribution in [0.1, 0.15) is 22.5 Å². The lowest BCUT2D eigenvalue weighted by molar-refractivity contribution is -0.243. The van der Waals surface area contributed by atoms with Crippen LogP contribution in [0.25, 0.3) is 0 Å². The summed E-state index contributed by atoms with van der Waals surface area (Å²) in [6, 6.07) is 4.66. The maximum atomic E-state index is 13.5. The molecule has 2 N–H and O–H groups in total. The summed E-state index contributed by atoms with van der Waals surface area (Å²) in [5, 5.41) is 21.0. The Bertz CT molecular complexity index is 1280. The van der Waals surface area contributed by atoms with E-state index in [1.54, 1.807) is 6.07 Å². The maximum Gasteiger partial charge on any atom is 0.420 e. The summed E-state index contributed by atoms with van der Waals surface area (Å²) in [4.78, 5) is 12.2. The highest BCUT2D eigenvalue weighted by atomic mass is 32.2. The Hall–Kier alpha value is -3.70. The van der Waals surface area contributed by atoms with Crippen LogP contribution in [0.3, 0.4) is 0 Å². The Morgan fingerprint density at radius 1 is 1.41 bits per heavy atom. The minimum atomic E-state index is -5.09. The molecule has 9 nitrogen and oxygen atoms in total. The summed E-state index contributed by atoms with van der Waals surface area (Å²) in [6.07, 6.45) is -4.96. The molecule has 0 fully saturated rings. The topological polar surface area (TPSA) is 134 Å². The van der Waals surface area contributed by atoms with Gasteiger partial charge in [0, 0.05) is 32.1 Å². The number of nitrogens with one attached hydrogen (secondary N) is 1. The van der Waals surface area contributed by atoms with Gasteiger partial charge in [-0.25, -0.2) is 4.39 Å². The largest absolute Gasteiger partial charge is 0.490 e. The number of amides is 1. The fourth-order valence-electron chi connectivity index (χ4n) is 2.78. The van der Waals surface area contributed by atoms with E-state index in [-0.39, 0.29) is 17.3 Å². The van der Waals surface area contributed by atoms with Crippen LogP contribution < -0.4 is 10.1 Å². The van der Waals surface area contributed by atoms with E-state index in [1.807, 2.05) is 0 Å². The van der Waals surface area contributed by atoms with Crippen molar-refractivity contribution in [1.29, 1.82) is 5.26 Å². The van der Waals surface area contributed by atoms with Crippen LogP contribution in [-0.2, 0) is 17.1 Å². The van der Waals surface area contributed by atoms with Crippen molar-refractivity contribution in [3.05, 3.63) is 54.1 Å². The number of hydrogen-bond donors (Lipinski definition) is 2. The number of ether oxygens (including phenoxy) is 1. The zero-order chi connectivity index (χ0) is 25.9. The lowest BCUT2D eigenvalue weighted by atomic mass is 10.00. The average Bonchev–Trinajstić information content (AvgIpc) is 3.10. The predicted molar refractivity (Wildman–Crippen MR) is 113 cm³/mol. The molecular weight excluding hydrogens is 484 g/mol. The molecule has 34 heavy (non-hydrogen) atoms. The van der Waals surface area contributed by atoms with Crippen LogP contribution in [-0.4, -0.2) is 49.1 Å². The second kappa shape index (κ2) is 9.65. The molecule has 1 heterocycles. The van der Waals surface area contributed by atoms with Gasteiger partial charge in [0.15, 0.2) is 17.0 Å². The molecule has 14 heteroatoms. The Balaban J connectivity index is 2.46. The third kappa shape index (κ3) is 5.26. The van der Waals surface area contributed by atoms with Gasteiger partial charge in [-0.15, -0.1) is 0 Å². The summed E-state index contributed by atoms with van der Waals surface area (Å²) in [5.41, 5.74) is -4.18. The zero-order valence-corrected chi connectivity index (χ0v) is 18.4. The third-order valence-corrected chi connectivity index (χ3v) is 5.85. The Morgan fingerprint density at radius 3 is 2.59 bits per heavy atom. The van der Waals surface area contributed by atoms with Crippen LogP contribution in [0, 0.1) is 17.1 Å². The molecule has 0 bridgehead atoms. The molecule has 0 aliphatic heterocycles. The second-order valence-electron chi connectivity index (χ2n) is 6.87.